The fourth-order valence-electron chi connectivity index (χ4n) is 1.53. The molecule has 2 heteroatoms. The Kier molecular flexibility index (Phi) is 3.93. The van der Waals surface area contributed by atoms with Gasteiger partial charge in [-0.05, 0) is 32.4 Å². The molecule has 1 rings (SSSR count). The van der Waals surface area contributed by atoms with E-state index in [9.17, 15) is 4.39 Å². The lowest BCUT2D eigenvalue weighted by molar-refractivity contribution is 0.617. The molecule has 0 aliphatic rings. The van der Waals surface area contributed by atoms with Crippen LogP contribution in [0.2, 0.25) is 0 Å². The molecule has 1 atom stereocenters. The molecular formula is C12H18FN. The summed E-state index contributed by atoms with van der Waals surface area (Å²) in [7, 11) is 0. The van der Waals surface area contributed by atoms with Crippen molar-refractivity contribution in [3.63, 3.8) is 0 Å². The first-order valence-corrected chi connectivity index (χ1v) is 5.16. The van der Waals surface area contributed by atoms with Crippen LogP contribution in [0.1, 0.15) is 32.3 Å². The third-order valence-electron chi connectivity index (χ3n) is 2.39. The third kappa shape index (κ3) is 2.72. The van der Waals surface area contributed by atoms with Crippen molar-refractivity contribution in [1.82, 2.24) is 0 Å². The molecule has 0 amide bonds. The van der Waals surface area contributed by atoms with E-state index < -0.39 is 0 Å². The molecule has 0 bridgehead atoms. The zero-order valence-electron chi connectivity index (χ0n) is 9.10. The van der Waals surface area contributed by atoms with Gasteiger partial charge in [-0.15, -0.1) is 0 Å². The van der Waals surface area contributed by atoms with E-state index in [0.29, 0.717) is 11.6 Å². The van der Waals surface area contributed by atoms with Crippen molar-refractivity contribution in [3.8, 4) is 0 Å². The van der Waals surface area contributed by atoms with E-state index in [1.165, 1.54) is 6.07 Å². The SMILES string of the molecule is CCCC(C)Nc1cccc(F)c1C. The third-order valence-corrected chi connectivity index (χ3v) is 2.39. The van der Waals surface area contributed by atoms with Crippen LogP contribution in [0.5, 0.6) is 0 Å². The van der Waals surface area contributed by atoms with Crippen LogP contribution in [0.15, 0.2) is 18.2 Å². The quantitative estimate of drug-likeness (QED) is 0.771. The average molecular weight is 195 g/mol. The molecule has 0 saturated heterocycles. The van der Waals surface area contributed by atoms with Crippen molar-refractivity contribution in [3.05, 3.63) is 29.6 Å². The standard InChI is InChI=1S/C12H18FN/c1-4-6-9(2)14-12-8-5-7-11(13)10(12)3/h5,7-9,14H,4,6H2,1-3H3. The van der Waals surface area contributed by atoms with Gasteiger partial charge in [0.05, 0.1) is 0 Å². The summed E-state index contributed by atoms with van der Waals surface area (Å²) in [5.41, 5.74) is 1.61. The lowest BCUT2D eigenvalue weighted by Gasteiger charge is -2.16. The molecule has 0 aliphatic carbocycles. The zero-order chi connectivity index (χ0) is 10.6. The summed E-state index contributed by atoms with van der Waals surface area (Å²) in [4.78, 5) is 0. The molecule has 1 nitrogen and oxygen atoms in total. The molecule has 78 valence electrons. The predicted molar refractivity (Wildman–Crippen MR) is 59.1 cm³/mol. The van der Waals surface area contributed by atoms with Gasteiger partial charge in [-0.3, -0.25) is 0 Å². The molecule has 0 aromatic heterocycles. The Bertz CT molecular complexity index is 296. The number of rotatable bonds is 4. The summed E-state index contributed by atoms with van der Waals surface area (Å²) < 4.78 is 13.2. The molecular weight excluding hydrogens is 177 g/mol. The maximum absolute atomic E-state index is 13.2. The van der Waals surface area contributed by atoms with Gasteiger partial charge in [0.25, 0.3) is 0 Å². The summed E-state index contributed by atoms with van der Waals surface area (Å²) in [6.45, 7) is 6.07. The molecule has 14 heavy (non-hydrogen) atoms. The second kappa shape index (κ2) is 4.99. The summed E-state index contributed by atoms with van der Waals surface area (Å²) >= 11 is 0. The van der Waals surface area contributed by atoms with Crippen LogP contribution in [0.4, 0.5) is 10.1 Å². The number of hydrogen-bond donors (Lipinski definition) is 1. The fraction of sp³-hybridized carbons (Fsp3) is 0.500. The average Bonchev–Trinajstić information content (AvgIpc) is 2.13. The molecule has 0 saturated carbocycles. The smallest absolute Gasteiger partial charge is 0.128 e. The van der Waals surface area contributed by atoms with E-state index in [4.69, 9.17) is 0 Å². The minimum atomic E-state index is -0.140. The van der Waals surface area contributed by atoms with Gasteiger partial charge in [-0.25, -0.2) is 4.39 Å². The van der Waals surface area contributed by atoms with Gasteiger partial charge in [-0.2, -0.15) is 0 Å². The van der Waals surface area contributed by atoms with Crippen molar-refractivity contribution in [1.29, 1.82) is 0 Å². The highest BCUT2D eigenvalue weighted by molar-refractivity contribution is 5.51. The maximum atomic E-state index is 13.2. The Morgan fingerprint density at radius 3 is 2.79 bits per heavy atom. The van der Waals surface area contributed by atoms with Crippen molar-refractivity contribution in [2.24, 2.45) is 0 Å². The van der Waals surface area contributed by atoms with Gasteiger partial charge in [0.15, 0.2) is 0 Å². The topological polar surface area (TPSA) is 12.0 Å². The van der Waals surface area contributed by atoms with E-state index in [2.05, 4.69) is 19.2 Å². The van der Waals surface area contributed by atoms with Gasteiger partial charge < -0.3 is 5.32 Å². The number of hydrogen-bond acceptors (Lipinski definition) is 1. The van der Waals surface area contributed by atoms with Crippen LogP contribution in [0, 0.1) is 12.7 Å². The van der Waals surface area contributed by atoms with Gasteiger partial charge in [0.1, 0.15) is 5.82 Å². The van der Waals surface area contributed by atoms with Crippen LogP contribution in [-0.4, -0.2) is 6.04 Å². The van der Waals surface area contributed by atoms with E-state index in [1.54, 1.807) is 13.0 Å². The van der Waals surface area contributed by atoms with Crippen molar-refractivity contribution in [2.75, 3.05) is 5.32 Å². The first-order chi connectivity index (χ1) is 6.65. The number of halogens is 1. The van der Waals surface area contributed by atoms with Crippen molar-refractivity contribution >= 4 is 5.69 Å². The van der Waals surface area contributed by atoms with Crippen LogP contribution < -0.4 is 5.32 Å². The molecule has 0 radical (unpaired) electrons. The van der Waals surface area contributed by atoms with E-state index in [1.807, 2.05) is 6.07 Å². The highest BCUT2D eigenvalue weighted by atomic mass is 19.1. The largest absolute Gasteiger partial charge is 0.382 e. The molecule has 1 aromatic rings. The van der Waals surface area contributed by atoms with Crippen LogP contribution >= 0.6 is 0 Å². The van der Waals surface area contributed by atoms with Gasteiger partial charge in [0, 0.05) is 17.3 Å². The first kappa shape index (κ1) is 11.0. The van der Waals surface area contributed by atoms with Crippen LogP contribution in [0.3, 0.4) is 0 Å². The van der Waals surface area contributed by atoms with E-state index >= 15 is 0 Å². The number of benzene rings is 1. The molecule has 1 aromatic carbocycles. The summed E-state index contributed by atoms with van der Waals surface area (Å²) in [6, 6.07) is 5.55. The Balaban J connectivity index is 2.71. The van der Waals surface area contributed by atoms with Crippen molar-refractivity contribution in [2.45, 2.75) is 39.7 Å². The van der Waals surface area contributed by atoms with E-state index in [-0.39, 0.29) is 5.82 Å². The molecule has 0 aliphatic heterocycles. The van der Waals surface area contributed by atoms with Crippen molar-refractivity contribution < 1.29 is 4.39 Å². The summed E-state index contributed by atoms with van der Waals surface area (Å²) in [5, 5.41) is 3.31. The van der Waals surface area contributed by atoms with Crippen LogP contribution in [-0.2, 0) is 0 Å². The molecule has 1 N–H and O–H groups in total. The van der Waals surface area contributed by atoms with E-state index in [0.717, 1.165) is 18.5 Å². The Morgan fingerprint density at radius 1 is 1.43 bits per heavy atom. The number of nitrogens with one attached hydrogen (secondary N) is 1. The monoisotopic (exact) mass is 195 g/mol. The first-order valence-electron chi connectivity index (χ1n) is 5.16. The highest BCUT2D eigenvalue weighted by Gasteiger charge is 2.05. The Morgan fingerprint density at radius 2 is 2.14 bits per heavy atom. The molecule has 0 fully saturated rings. The lowest BCUT2D eigenvalue weighted by Crippen LogP contribution is -2.15. The number of anilines is 1. The lowest BCUT2D eigenvalue weighted by atomic mass is 10.1. The van der Waals surface area contributed by atoms with Gasteiger partial charge >= 0.3 is 0 Å². The maximum Gasteiger partial charge on any atom is 0.128 e. The second-order valence-corrected chi connectivity index (χ2v) is 3.75. The minimum absolute atomic E-state index is 0.140. The highest BCUT2D eigenvalue weighted by Crippen LogP contribution is 2.18. The zero-order valence-corrected chi connectivity index (χ0v) is 9.10. The Labute approximate surface area is 85.3 Å². The summed E-state index contributed by atoms with van der Waals surface area (Å²) in [6.07, 6.45) is 2.25. The van der Waals surface area contributed by atoms with Crippen LogP contribution in [0.25, 0.3) is 0 Å². The Hall–Kier alpha value is -1.05. The molecule has 0 spiro atoms. The second-order valence-electron chi connectivity index (χ2n) is 3.75. The summed E-state index contributed by atoms with van der Waals surface area (Å²) in [5.74, 6) is -0.140. The normalized spacial score (nSPS) is 12.6. The van der Waals surface area contributed by atoms with Gasteiger partial charge in [0.2, 0.25) is 0 Å². The minimum Gasteiger partial charge on any atom is -0.382 e. The molecule has 1 unspecified atom stereocenters. The predicted octanol–water partition coefficient (Wildman–Crippen LogP) is 3.73. The fourth-order valence-corrected chi connectivity index (χ4v) is 1.53. The van der Waals surface area contributed by atoms with Gasteiger partial charge in [-0.1, -0.05) is 19.4 Å². The molecule has 0 heterocycles.